The Bertz CT molecular complexity index is 435. The Kier molecular flexibility index (Phi) is 4.07. The van der Waals surface area contributed by atoms with Crippen molar-refractivity contribution in [2.45, 2.75) is 18.9 Å². The second-order valence-corrected chi connectivity index (χ2v) is 5.63. The lowest BCUT2D eigenvalue weighted by atomic mass is 10.2. The average molecular weight is 318 g/mol. The van der Waals surface area contributed by atoms with Crippen molar-refractivity contribution in [2.24, 2.45) is 11.7 Å². The molecule has 5 heteroatoms. The fraction of sp³-hybridized carbons (Fsp3) is 0.417. The quantitative estimate of drug-likeness (QED) is 0.897. The topological polar surface area (TPSA) is 55.1 Å². The Morgan fingerprint density at radius 3 is 2.94 bits per heavy atom. The molecule has 0 heterocycles. The molecule has 0 spiro atoms. The van der Waals surface area contributed by atoms with Gasteiger partial charge in [0.2, 0.25) is 0 Å². The zero-order chi connectivity index (χ0) is 12.4. The van der Waals surface area contributed by atoms with Gasteiger partial charge < -0.3 is 11.1 Å². The summed E-state index contributed by atoms with van der Waals surface area (Å²) in [6.07, 6.45) is 2.36. The molecule has 1 unspecified atom stereocenters. The van der Waals surface area contributed by atoms with Gasteiger partial charge in [0, 0.05) is 22.1 Å². The van der Waals surface area contributed by atoms with E-state index in [0.29, 0.717) is 23.0 Å². The van der Waals surface area contributed by atoms with Crippen molar-refractivity contribution in [1.29, 1.82) is 0 Å². The van der Waals surface area contributed by atoms with E-state index < -0.39 is 0 Å². The molecule has 3 nitrogen and oxygen atoms in total. The third kappa shape index (κ3) is 3.44. The summed E-state index contributed by atoms with van der Waals surface area (Å²) < 4.78 is 0.736. The molecular formula is C12H14BrClN2O. The Morgan fingerprint density at radius 1 is 1.59 bits per heavy atom. The van der Waals surface area contributed by atoms with Gasteiger partial charge in [-0.05, 0) is 52.9 Å². The van der Waals surface area contributed by atoms with Gasteiger partial charge in [0.1, 0.15) is 0 Å². The van der Waals surface area contributed by atoms with Crippen LogP contribution in [0.2, 0.25) is 5.02 Å². The maximum absolute atomic E-state index is 11.9. The first-order chi connectivity index (χ1) is 8.08. The van der Waals surface area contributed by atoms with Gasteiger partial charge in [-0.15, -0.1) is 0 Å². The van der Waals surface area contributed by atoms with Gasteiger partial charge in [0.05, 0.1) is 5.56 Å². The first kappa shape index (κ1) is 12.9. The van der Waals surface area contributed by atoms with Crippen LogP contribution in [-0.4, -0.2) is 18.5 Å². The molecule has 1 atom stereocenters. The summed E-state index contributed by atoms with van der Waals surface area (Å²) in [5.41, 5.74) is 6.46. The van der Waals surface area contributed by atoms with Crippen molar-refractivity contribution >= 4 is 33.4 Å². The molecule has 17 heavy (non-hydrogen) atoms. The molecule has 1 aliphatic rings. The molecule has 3 N–H and O–H groups in total. The van der Waals surface area contributed by atoms with E-state index in [2.05, 4.69) is 21.2 Å². The summed E-state index contributed by atoms with van der Waals surface area (Å²) in [7, 11) is 0. The van der Waals surface area contributed by atoms with E-state index in [9.17, 15) is 4.79 Å². The van der Waals surface area contributed by atoms with Gasteiger partial charge in [-0.2, -0.15) is 0 Å². The van der Waals surface area contributed by atoms with Crippen LogP contribution < -0.4 is 11.1 Å². The predicted molar refractivity (Wildman–Crippen MR) is 72.2 cm³/mol. The predicted octanol–water partition coefficient (Wildman–Crippen LogP) is 2.57. The molecule has 0 aromatic heterocycles. The molecule has 1 aromatic carbocycles. The zero-order valence-corrected chi connectivity index (χ0v) is 11.6. The van der Waals surface area contributed by atoms with Crippen molar-refractivity contribution in [3.8, 4) is 0 Å². The molecule has 2 rings (SSSR count). The average Bonchev–Trinajstić information content (AvgIpc) is 3.12. The fourth-order valence-corrected chi connectivity index (χ4v) is 2.27. The second-order valence-electron chi connectivity index (χ2n) is 4.34. The normalized spacial score (nSPS) is 16.6. The number of benzene rings is 1. The van der Waals surface area contributed by atoms with Crippen molar-refractivity contribution in [3.63, 3.8) is 0 Å². The molecule has 1 aliphatic carbocycles. The second kappa shape index (κ2) is 5.38. The van der Waals surface area contributed by atoms with Gasteiger partial charge in [-0.3, -0.25) is 4.79 Å². The number of hydrogen-bond acceptors (Lipinski definition) is 2. The molecule has 0 bridgehead atoms. The summed E-state index contributed by atoms with van der Waals surface area (Å²) in [6, 6.07) is 5.21. The van der Waals surface area contributed by atoms with E-state index in [4.69, 9.17) is 17.3 Å². The van der Waals surface area contributed by atoms with E-state index in [1.807, 2.05) is 0 Å². The van der Waals surface area contributed by atoms with Gasteiger partial charge >= 0.3 is 0 Å². The smallest absolute Gasteiger partial charge is 0.252 e. The van der Waals surface area contributed by atoms with Crippen molar-refractivity contribution < 1.29 is 4.79 Å². The molecule has 1 amide bonds. The van der Waals surface area contributed by atoms with Gasteiger partial charge in [-0.1, -0.05) is 11.6 Å². The molecule has 0 aliphatic heterocycles. The maximum atomic E-state index is 11.9. The number of rotatable bonds is 4. The molecule has 1 aromatic rings. The number of amides is 1. The van der Waals surface area contributed by atoms with Crippen LogP contribution >= 0.6 is 27.5 Å². The fourth-order valence-electron chi connectivity index (χ4n) is 1.67. The number of hydrogen-bond donors (Lipinski definition) is 2. The van der Waals surface area contributed by atoms with Crippen molar-refractivity contribution in [2.75, 3.05) is 6.54 Å². The standard InChI is InChI=1S/C12H14BrClN2O/c13-10-4-3-8(14)5-9(10)12(17)16-6-11(15)7-1-2-7/h3-5,7,11H,1-2,6,15H2,(H,16,17). The highest BCUT2D eigenvalue weighted by Crippen LogP contribution is 2.31. The lowest BCUT2D eigenvalue weighted by Crippen LogP contribution is -2.38. The van der Waals surface area contributed by atoms with Crippen LogP contribution in [0, 0.1) is 5.92 Å². The lowest BCUT2D eigenvalue weighted by molar-refractivity contribution is 0.0949. The highest BCUT2D eigenvalue weighted by molar-refractivity contribution is 9.10. The Morgan fingerprint density at radius 2 is 2.29 bits per heavy atom. The Labute approximate surface area is 114 Å². The molecule has 92 valence electrons. The van der Waals surface area contributed by atoms with Crippen LogP contribution in [0.5, 0.6) is 0 Å². The van der Waals surface area contributed by atoms with Crippen LogP contribution in [0.1, 0.15) is 23.2 Å². The largest absolute Gasteiger partial charge is 0.350 e. The van der Waals surface area contributed by atoms with E-state index in [0.717, 1.165) is 4.47 Å². The number of carbonyl (C=O) groups is 1. The van der Waals surface area contributed by atoms with Gasteiger partial charge in [0.25, 0.3) is 5.91 Å². The highest BCUT2D eigenvalue weighted by atomic mass is 79.9. The summed E-state index contributed by atoms with van der Waals surface area (Å²) in [4.78, 5) is 11.9. The minimum absolute atomic E-state index is 0.0666. The van der Waals surface area contributed by atoms with Gasteiger partial charge in [-0.25, -0.2) is 0 Å². The number of nitrogens with one attached hydrogen (secondary N) is 1. The molecule has 0 radical (unpaired) electrons. The summed E-state index contributed by atoms with van der Waals surface area (Å²) in [5.74, 6) is 0.438. The Balaban J connectivity index is 1.96. The van der Waals surface area contributed by atoms with Crippen molar-refractivity contribution in [1.82, 2.24) is 5.32 Å². The van der Waals surface area contributed by atoms with Crippen LogP contribution in [-0.2, 0) is 0 Å². The third-order valence-corrected chi connectivity index (χ3v) is 3.83. The van der Waals surface area contributed by atoms with Crippen LogP contribution in [0.15, 0.2) is 22.7 Å². The lowest BCUT2D eigenvalue weighted by Gasteiger charge is -2.12. The van der Waals surface area contributed by atoms with E-state index in [1.54, 1.807) is 18.2 Å². The van der Waals surface area contributed by atoms with Crippen LogP contribution in [0.3, 0.4) is 0 Å². The van der Waals surface area contributed by atoms with Crippen LogP contribution in [0.4, 0.5) is 0 Å². The van der Waals surface area contributed by atoms with E-state index in [1.165, 1.54) is 12.8 Å². The number of halogens is 2. The Hall–Kier alpha value is -0.580. The molecule has 0 saturated heterocycles. The third-order valence-electron chi connectivity index (χ3n) is 2.90. The zero-order valence-electron chi connectivity index (χ0n) is 9.25. The summed E-state index contributed by atoms with van der Waals surface area (Å²) in [6.45, 7) is 0.516. The summed E-state index contributed by atoms with van der Waals surface area (Å²) >= 11 is 9.19. The first-order valence-corrected chi connectivity index (χ1v) is 6.74. The minimum atomic E-state index is -0.143. The summed E-state index contributed by atoms with van der Waals surface area (Å²) in [5, 5.41) is 3.38. The highest BCUT2D eigenvalue weighted by Gasteiger charge is 2.28. The molecular weight excluding hydrogens is 304 g/mol. The van der Waals surface area contributed by atoms with Gasteiger partial charge in [0.15, 0.2) is 0 Å². The van der Waals surface area contributed by atoms with Crippen molar-refractivity contribution in [3.05, 3.63) is 33.3 Å². The van der Waals surface area contributed by atoms with E-state index in [-0.39, 0.29) is 11.9 Å². The molecule has 1 fully saturated rings. The maximum Gasteiger partial charge on any atom is 0.252 e. The minimum Gasteiger partial charge on any atom is -0.350 e. The monoisotopic (exact) mass is 316 g/mol. The number of nitrogens with two attached hydrogens (primary N) is 1. The number of carbonyl (C=O) groups excluding carboxylic acids is 1. The first-order valence-electron chi connectivity index (χ1n) is 5.57. The van der Waals surface area contributed by atoms with Crippen LogP contribution in [0.25, 0.3) is 0 Å². The molecule has 1 saturated carbocycles. The van der Waals surface area contributed by atoms with E-state index >= 15 is 0 Å². The SMILES string of the molecule is NC(CNC(=O)c1cc(Cl)ccc1Br)C1CC1.